The minimum atomic E-state index is 0.624. The molecule has 0 aliphatic heterocycles. The summed E-state index contributed by atoms with van der Waals surface area (Å²) in [5.74, 6) is 0.624. The highest BCUT2D eigenvalue weighted by molar-refractivity contribution is 9.10. The van der Waals surface area contributed by atoms with Crippen molar-refractivity contribution in [3.8, 4) is 5.88 Å². The number of aromatic nitrogens is 1. The Bertz CT molecular complexity index is 442. The van der Waals surface area contributed by atoms with Gasteiger partial charge >= 0.3 is 0 Å². The number of hydrogen-bond donors (Lipinski definition) is 0. The summed E-state index contributed by atoms with van der Waals surface area (Å²) in [5.41, 5.74) is 0. The molecule has 0 atom stereocenters. The number of benzene rings is 1. The van der Waals surface area contributed by atoms with E-state index in [0.717, 1.165) is 15.2 Å². The fourth-order valence-electron chi connectivity index (χ4n) is 1.25. The zero-order chi connectivity index (χ0) is 9.26. The lowest BCUT2D eigenvalue weighted by atomic mass is 10.2. The molecule has 0 aliphatic carbocycles. The lowest BCUT2D eigenvalue weighted by Crippen LogP contribution is -1.88. The Balaban J connectivity index is 2.79. The molecule has 0 fully saturated rings. The highest BCUT2D eigenvalue weighted by atomic mass is 79.9. The van der Waals surface area contributed by atoms with Crippen molar-refractivity contribution in [3.05, 3.63) is 34.9 Å². The highest BCUT2D eigenvalue weighted by Crippen LogP contribution is 2.30. The van der Waals surface area contributed by atoms with Crippen LogP contribution in [0.5, 0.6) is 5.88 Å². The van der Waals surface area contributed by atoms with E-state index in [1.165, 1.54) is 0 Å². The van der Waals surface area contributed by atoms with Gasteiger partial charge in [-0.25, -0.2) is 4.98 Å². The second-order valence-corrected chi connectivity index (χ2v) is 3.46. The van der Waals surface area contributed by atoms with Crippen LogP contribution in [0.15, 0.2) is 34.9 Å². The maximum atomic E-state index is 5.10. The van der Waals surface area contributed by atoms with Gasteiger partial charge in [-0.05, 0) is 15.9 Å². The summed E-state index contributed by atoms with van der Waals surface area (Å²) in [6, 6.07) is 8.03. The van der Waals surface area contributed by atoms with Gasteiger partial charge in [0.1, 0.15) is 0 Å². The summed E-state index contributed by atoms with van der Waals surface area (Å²) in [6.07, 6.45) is 1.80. The van der Waals surface area contributed by atoms with E-state index in [1.807, 2.05) is 24.3 Å². The van der Waals surface area contributed by atoms with Gasteiger partial charge in [0.2, 0.25) is 5.88 Å². The van der Waals surface area contributed by atoms with Gasteiger partial charge < -0.3 is 4.74 Å². The maximum absolute atomic E-state index is 5.10. The Morgan fingerprint density at radius 3 is 2.85 bits per heavy atom. The molecule has 2 rings (SSSR count). The molecule has 1 heterocycles. The predicted octanol–water partition coefficient (Wildman–Crippen LogP) is 3.01. The largest absolute Gasteiger partial charge is 0.480 e. The normalized spacial score (nSPS) is 10.3. The van der Waals surface area contributed by atoms with Crippen LogP contribution in [0.1, 0.15) is 0 Å². The molecule has 0 aliphatic rings. The molecular weight excluding hydrogens is 230 g/mol. The molecule has 0 saturated carbocycles. The molecule has 0 N–H and O–H groups in total. The maximum Gasteiger partial charge on any atom is 0.228 e. The molecule has 2 aromatic rings. The fourth-order valence-corrected chi connectivity index (χ4v) is 1.88. The molecule has 0 amide bonds. The Labute approximate surface area is 84.7 Å². The van der Waals surface area contributed by atoms with Crippen molar-refractivity contribution in [1.82, 2.24) is 4.98 Å². The summed E-state index contributed by atoms with van der Waals surface area (Å²) in [7, 11) is 1.61. The standard InChI is InChI=1S/C10H8BrNO/c1-13-10-9(11)8-5-3-2-4-7(8)6-12-10/h2-6H,1H3. The van der Waals surface area contributed by atoms with Gasteiger partial charge in [-0.15, -0.1) is 0 Å². The quantitative estimate of drug-likeness (QED) is 0.761. The molecule has 2 nitrogen and oxygen atoms in total. The van der Waals surface area contributed by atoms with Crippen LogP contribution in [0.2, 0.25) is 0 Å². The zero-order valence-electron chi connectivity index (χ0n) is 7.12. The summed E-state index contributed by atoms with van der Waals surface area (Å²) in [6.45, 7) is 0. The van der Waals surface area contributed by atoms with E-state index in [4.69, 9.17) is 4.74 Å². The number of fused-ring (bicyclic) bond motifs is 1. The Morgan fingerprint density at radius 2 is 2.08 bits per heavy atom. The molecule has 0 radical (unpaired) electrons. The van der Waals surface area contributed by atoms with Crippen LogP contribution in [-0.4, -0.2) is 12.1 Å². The van der Waals surface area contributed by atoms with Gasteiger partial charge in [-0.1, -0.05) is 24.3 Å². The van der Waals surface area contributed by atoms with Crippen molar-refractivity contribution < 1.29 is 4.74 Å². The van der Waals surface area contributed by atoms with Crippen molar-refractivity contribution in [3.63, 3.8) is 0 Å². The van der Waals surface area contributed by atoms with Crippen molar-refractivity contribution in [1.29, 1.82) is 0 Å². The number of ether oxygens (including phenoxy) is 1. The van der Waals surface area contributed by atoms with Crippen molar-refractivity contribution in [2.24, 2.45) is 0 Å². The minimum absolute atomic E-state index is 0.624. The Kier molecular flexibility index (Phi) is 2.19. The number of nitrogens with zero attached hydrogens (tertiary/aromatic N) is 1. The van der Waals surface area contributed by atoms with E-state index in [1.54, 1.807) is 13.3 Å². The molecule has 1 aromatic heterocycles. The van der Waals surface area contributed by atoms with Crippen molar-refractivity contribution in [2.75, 3.05) is 7.11 Å². The van der Waals surface area contributed by atoms with E-state index in [-0.39, 0.29) is 0 Å². The molecule has 0 unspecified atom stereocenters. The Morgan fingerprint density at radius 1 is 1.31 bits per heavy atom. The van der Waals surface area contributed by atoms with Crippen molar-refractivity contribution in [2.45, 2.75) is 0 Å². The smallest absolute Gasteiger partial charge is 0.228 e. The summed E-state index contributed by atoms with van der Waals surface area (Å²) in [4.78, 5) is 4.16. The molecule has 3 heteroatoms. The third-order valence-electron chi connectivity index (χ3n) is 1.90. The van der Waals surface area contributed by atoms with Gasteiger partial charge in [-0.3, -0.25) is 0 Å². The van der Waals surface area contributed by atoms with Crippen LogP contribution in [0.3, 0.4) is 0 Å². The highest BCUT2D eigenvalue weighted by Gasteiger charge is 2.04. The third-order valence-corrected chi connectivity index (χ3v) is 2.67. The van der Waals surface area contributed by atoms with Crippen LogP contribution in [0.4, 0.5) is 0 Å². The molecule has 0 saturated heterocycles. The number of hydrogen-bond acceptors (Lipinski definition) is 2. The number of pyridine rings is 1. The zero-order valence-corrected chi connectivity index (χ0v) is 8.71. The summed E-state index contributed by atoms with van der Waals surface area (Å²) >= 11 is 3.45. The van der Waals surface area contributed by atoms with Gasteiger partial charge in [0.15, 0.2) is 0 Å². The number of halogens is 1. The average Bonchev–Trinajstić information content (AvgIpc) is 2.19. The fraction of sp³-hybridized carbons (Fsp3) is 0.100. The number of methoxy groups -OCH3 is 1. The number of rotatable bonds is 1. The first-order chi connectivity index (χ1) is 6.33. The average molecular weight is 238 g/mol. The Hall–Kier alpha value is -1.09. The summed E-state index contributed by atoms with van der Waals surface area (Å²) < 4.78 is 6.01. The van der Waals surface area contributed by atoms with Crippen LogP contribution in [0, 0.1) is 0 Å². The van der Waals surface area contributed by atoms with Crippen molar-refractivity contribution >= 4 is 26.7 Å². The molecule has 13 heavy (non-hydrogen) atoms. The van der Waals surface area contributed by atoms with Gasteiger partial charge in [-0.2, -0.15) is 0 Å². The van der Waals surface area contributed by atoms with E-state index < -0.39 is 0 Å². The minimum Gasteiger partial charge on any atom is -0.480 e. The first-order valence-electron chi connectivity index (χ1n) is 3.90. The van der Waals surface area contributed by atoms with Gasteiger partial charge in [0.25, 0.3) is 0 Å². The van der Waals surface area contributed by atoms with Crippen LogP contribution in [0.25, 0.3) is 10.8 Å². The molecular formula is C10H8BrNO. The summed E-state index contributed by atoms with van der Waals surface area (Å²) in [5, 5.41) is 2.23. The molecule has 0 bridgehead atoms. The lowest BCUT2D eigenvalue weighted by Gasteiger charge is -2.04. The van der Waals surface area contributed by atoms with Crippen LogP contribution < -0.4 is 4.74 Å². The van der Waals surface area contributed by atoms with Gasteiger partial charge in [0.05, 0.1) is 11.6 Å². The predicted molar refractivity (Wildman–Crippen MR) is 56.0 cm³/mol. The third kappa shape index (κ3) is 1.40. The topological polar surface area (TPSA) is 22.1 Å². The van der Waals surface area contributed by atoms with E-state index in [0.29, 0.717) is 5.88 Å². The second-order valence-electron chi connectivity index (χ2n) is 2.67. The SMILES string of the molecule is COc1ncc2ccccc2c1Br. The van der Waals surface area contributed by atoms with E-state index >= 15 is 0 Å². The first kappa shape index (κ1) is 8.51. The molecule has 66 valence electrons. The molecule has 0 spiro atoms. The lowest BCUT2D eigenvalue weighted by molar-refractivity contribution is 0.396. The molecule has 1 aromatic carbocycles. The monoisotopic (exact) mass is 237 g/mol. The van der Waals surface area contributed by atoms with E-state index in [2.05, 4.69) is 20.9 Å². The van der Waals surface area contributed by atoms with E-state index in [9.17, 15) is 0 Å². The van der Waals surface area contributed by atoms with Crippen LogP contribution >= 0.6 is 15.9 Å². The first-order valence-corrected chi connectivity index (χ1v) is 4.69. The van der Waals surface area contributed by atoms with Gasteiger partial charge in [0, 0.05) is 17.0 Å². The second kappa shape index (κ2) is 3.34. The van der Waals surface area contributed by atoms with Crippen LogP contribution in [-0.2, 0) is 0 Å².